The summed E-state index contributed by atoms with van der Waals surface area (Å²) in [6.07, 6.45) is 10.6. The zero-order chi connectivity index (χ0) is 17.0. The summed E-state index contributed by atoms with van der Waals surface area (Å²) in [5, 5.41) is 7.25. The minimum atomic E-state index is -0.343. The molecule has 0 aromatic carbocycles. The van der Waals surface area contributed by atoms with E-state index >= 15 is 0 Å². The van der Waals surface area contributed by atoms with Gasteiger partial charge in [-0.15, -0.1) is 24.0 Å². The predicted molar refractivity (Wildman–Crippen MR) is 111 cm³/mol. The molecule has 6 nitrogen and oxygen atoms in total. The summed E-state index contributed by atoms with van der Waals surface area (Å²) in [6, 6.07) is 4.83. The van der Waals surface area contributed by atoms with Crippen LogP contribution in [0.25, 0.3) is 0 Å². The third-order valence-electron chi connectivity index (χ3n) is 5.49. The van der Waals surface area contributed by atoms with Gasteiger partial charge < -0.3 is 24.5 Å². The molecule has 3 fully saturated rings. The fraction of sp³-hybridized carbons (Fsp3) is 0.737. The number of halogens is 1. The topological polar surface area (TPSA) is 68.0 Å². The lowest BCUT2D eigenvalue weighted by Crippen LogP contribution is -2.47. The van der Waals surface area contributed by atoms with Crippen molar-refractivity contribution in [1.29, 1.82) is 0 Å². The van der Waals surface area contributed by atoms with E-state index in [-0.39, 0.29) is 29.8 Å². The highest BCUT2D eigenvalue weighted by molar-refractivity contribution is 14.0. The van der Waals surface area contributed by atoms with Crippen molar-refractivity contribution in [3.05, 3.63) is 24.2 Å². The number of nitrogens with zero attached hydrogens (tertiary/aromatic N) is 1. The first-order valence-corrected chi connectivity index (χ1v) is 9.69. The normalized spacial score (nSPS) is 25.5. The number of ether oxygens (including phenoxy) is 2. The monoisotopic (exact) mass is 475 g/mol. The summed E-state index contributed by atoms with van der Waals surface area (Å²) in [4.78, 5) is 4.79. The van der Waals surface area contributed by atoms with Gasteiger partial charge >= 0.3 is 0 Å². The average molecular weight is 475 g/mol. The lowest BCUT2D eigenvalue weighted by atomic mass is 10.2. The van der Waals surface area contributed by atoms with Gasteiger partial charge in [-0.1, -0.05) is 12.8 Å². The molecule has 146 valence electrons. The van der Waals surface area contributed by atoms with Crippen LogP contribution in [0.3, 0.4) is 0 Å². The number of hydrogen-bond acceptors (Lipinski definition) is 4. The molecule has 1 atom stereocenters. The fourth-order valence-electron chi connectivity index (χ4n) is 4.18. The van der Waals surface area contributed by atoms with Crippen molar-refractivity contribution in [1.82, 2.24) is 10.6 Å². The molecule has 2 saturated carbocycles. The van der Waals surface area contributed by atoms with Crippen LogP contribution in [0.5, 0.6) is 0 Å². The van der Waals surface area contributed by atoms with Gasteiger partial charge in [0.15, 0.2) is 11.7 Å². The van der Waals surface area contributed by atoms with E-state index in [9.17, 15) is 0 Å². The summed E-state index contributed by atoms with van der Waals surface area (Å²) in [7, 11) is 0. The van der Waals surface area contributed by atoms with Crippen LogP contribution in [0.1, 0.15) is 50.7 Å². The SMILES string of the molecule is I.c1coc(CCN=C(NC2CCCC2)NC2CCC3(C2)OCCO3)c1. The van der Waals surface area contributed by atoms with Crippen LogP contribution in [0.2, 0.25) is 0 Å². The first-order chi connectivity index (χ1) is 12.3. The Kier molecular flexibility index (Phi) is 7.22. The van der Waals surface area contributed by atoms with Gasteiger partial charge in [-0.3, -0.25) is 4.99 Å². The van der Waals surface area contributed by atoms with E-state index < -0.39 is 0 Å². The molecule has 0 bridgehead atoms. The van der Waals surface area contributed by atoms with Crippen LogP contribution in [0.4, 0.5) is 0 Å². The maximum Gasteiger partial charge on any atom is 0.191 e. The second-order valence-electron chi connectivity index (χ2n) is 7.38. The highest BCUT2D eigenvalue weighted by atomic mass is 127. The van der Waals surface area contributed by atoms with Crippen molar-refractivity contribution >= 4 is 29.9 Å². The summed E-state index contributed by atoms with van der Waals surface area (Å²) in [5.41, 5.74) is 0. The summed E-state index contributed by atoms with van der Waals surface area (Å²) in [6.45, 7) is 2.16. The number of rotatable bonds is 5. The fourth-order valence-corrected chi connectivity index (χ4v) is 4.18. The van der Waals surface area contributed by atoms with Crippen molar-refractivity contribution in [2.45, 2.75) is 69.2 Å². The van der Waals surface area contributed by atoms with Gasteiger partial charge in [-0.05, 0) is 31.4 Å². The number of hydrogen-bond donors (Lipinski definition) is 2. The Labute approximate surface area is 172 Å². The lowest BCUT2D eigenvalue weighted by molar-refractivity contribution is -0.151. The molecule has 2 heterocycles. The molecular weight excluding hydrogens is 445 g/mol. The molecule has 1 unspecified atom stereocenters. The zero-order valence-corrected chi connectivity index (χ0v) is 17.6. The van der Waals surface area contributed by atoms with E-state index in [1.54, 1.807) is 6.26 Å². The number of furan rings is 1. The summed E-state index contributed by atoms with van der Waals surface area (Å²) in [5.74, 6) is 1.57. The van der Waals surface area contributed by atoms with Crippen LogP contribution in [0, 0.1) is 0 Å². The maximum atomic E-state index is 5.84. The Balaban J connectivity index is 0.00000196. The van der Waals surface area contributed by atoms with Crippen LogP contribution in [0.15, 0.2) is 27.8 Å². The Bertz CT molecular complexity index is 567. The number of nitrogens with one attached hydrogen (secondary N) is 2. The van der Waals surface area contributed by atoms with E-state index in [4.69, 9.17) is 18.9 Å². The zero-order valence-electron chi connectivity index (χ0n) is 15.2. The van der Waals surface area contributed by atoms with E-state index in [1.165, 1.54) is 25.7 Å². The average Bonchev–Trinajstić information content (AvgIpc) is 3.39. The third kappa shape index (κ3) is 5.13. The van der Waals surface area contributed by atoms with Crippen molar-refractivity contribution in [2.24, 2.45) is 4.99 Å². The Morgan fingerprint density at radius 3 is 2.62 bits per heavy atom. The molecule has 3 aliphatic rings. The minimum absolute atomic E-state index is 0. The van der Waals surface area contributed by atoms with E-state index in [0.29, 0.717) is 12.1 Å². The molecule has 1 aromatic heterocycles. The third-order valence-corrected chi connectivity index (χ3v) is 5.49. The van der Waals surface area contributed by atoms with Crippen LogP contribution in [-0.4, -0.2) is 43.6 Å². The molecule has 4 rings (SSSR count). The maximum absolute atomic E-state index is 5.84. The van der Waals surface area contributed by atoms with Crippen LogP contribution in [-0.2, 0) is 15.9 Å². The van der Waals surface area contributed by atoms with E-state index in [0.717, 1.165) is 57.2 Å². The van der Waals surface area contributed by atoms with Crippen molar-refractivity contribution in [2.75, 3.05) is 19.8 Å². The van der Waals surface area contributed by atoms with Crippen LogP contribution < -0.4 is 10.6 Å². The smallest absolute Gasteiger partial charge is 0.191 e. The highest BCUT2D eigenvalue weighted by Crippen LogP contribution is 2.37. The Morgan fingerprint density at radius 2 is 1.88 bits per heavy atom. The van der Waals surface area contributed by atoms with Gasteiger partial charge in [0, 0.05) is 37.9 Å². The molecule has 1 aliphatic heterocycles. The van der Waals surface area contributed by atoms with Crippen molar-refractivity contribution in [3.63, 3.8) is 0 Å². The Hall–Kier alpha value is -0.800. The molecular formula is C19H30IN3O3. The molecule has 1 spiro atoms. The molecule has 2 aliphatic carbocycles. The lowest BCUT2D eigenvalue weighted by Gasteiger charge is -2.24. The predicted octanol–water partition coefficient (Wildman–Crippen LogP) is 3.21. The highest BCUT2D eigenvalue weighted by Gasteiger charge is 2.44. The number of guanidine groups is 1. The molecule has 26 heavy (non-hydrogen) atoms. The summed E-state index contributed by atoms with van der Waals surface area (Å²) < 4.78 is 17.1. The molecule has 0 radical (unpaired) electrons. The van der Waals surface area contributed by atoms with Gasteiger partial charge in [0.05, 0.1) is 19.5 Å². The van der Waals surface area contributed by atoms with Gasteiger partial charge in [-0.25, -0.2) is 0 Å². The summed E-state index contributed by atoms with van der Waals surface area (Å²) >= 11 is 0. The molecule has 7 heteroatoms. The molecule has 1 saturated heterocycles. The van der Waals surface area contributed by atoms with Crippen molar-refractivity contribution in [3.8, 4) is 0 Å². The minimum Gasteiger partial charge on any atom is -0.469 e. The Morgan fingerprint density at radius 1 is 1.12 bits per heavy atom. The van der Waals surface area contributed by atoms with Crippen LogP contribution >= 0.6 is 24.0 Å². The van der Waals surface area contributed by atoms with Gasteiger partial charge in [0.1, 0.15) is 5.76 Å². The van der Waals surface area contributed by atoms with Crippen molar-refractivity contribution < 1.29 is 13.9 Å². The first-order valence-electron chi connectivity index (χ1n) is 9.69. The van der Waals surface area contributed by atoms with Gasteiger partial charge in [0.25, 0.3) is 0 Å². The molecule has 0 amide bonds. The van der Waals surface area contributed by atoms with Gasteiger partial charge in [0.2, 0.25) is 0 Å². The second kappa shape index (κ2) is 9.41. The van der Waals surface area contributed by atoms with E-state index in [1.807, 2.05) is 12.1 Å². The second-order valence-corrected chi connectivity index (χ2v) is 7.38. The molecule has 2 N–H and O–H groups in total. The largest absolute Gasteiger partial charge is 0.469 e. The van der Waals surface area contributed by atoms with E-state index in [2.05, 4.69) is 10.6 Å². The number of aliphatic imine (C=N–C) groups is 1. The first kappa shape index (κ1) is 19.9. The standard InChI is InChI=1S/C19H29N3O3.HI/c1-2-5-15(4-1)21-18(20-10-8-17-6-3-11-23-17)22-16-7-9-19(14-16)24-12-13-25-19;/h3,6,11,15-16H,1-2,4-5,7-10,12-14H2,(H2,20,21,22);1H. The molecule has 1 aromatic rings. The quantitative estimate of drug-likeness (QED) is 0.389. The van der Waals surface area contributed by atoms with Gasteiger partial charge in [-0.2, -0.15) is 0 Å².